The van der Waals surface area contributed by atoms with Gasteiger partial charge in [-0.3, -0.25) is 9.59 Å². The molecule has 0 amide bonds. The maximum atomic E-state index is 11.2. The predicted molar refractivity (Wildman–Crippen MR) is 81.7 cm³/mol. The Balaban J connectivity index is 3.13. The summed E-state index contributed by atoms with van der Waals surface area (Å²) in [5.74, 6) is -1.02. The van der Waals surface area contributed by atoms with Gasteiger partial charge < -0.3 is 9.47 Å². The van der Waals surface area contributed by atoms with Crippen molar-refractivity contribution in [1.82, 2.24) is 0 Å². The molecule has 0 unspecified atom stereocenters. The van der Waals surface area contributed by atoms with Crippen LogP contribution in [0.1, 0.15) is 39.2 Å². The monoisotopic (exact) mass is 310 g/mol. The minimum absolute atomic E-state index is 0.512. The Morgan fingerprint density at radius 2 is 1.76 bits per heavy atom. The fourth-order valence-corrected chi connectivity index (χ4v) is 2.01. The quantitative estimate of drug-likeness (QED) is 0.589. The minimum atomic E-state index is -1.02. The second kappa shape index (κ2) is 8.47. The van der Waals surface area contributed by atoms with Crippen LogP contribution in [0, 0.1) is 0 Å². The Kier molecular flexibility index (Phi) is 6.96. The van der Waals surface area contributed by atoms with Crippen LogP contribution in [0.5, 0.6) is 0 Å². The van der Waals surface area contributed by atoms with Crippen LogP contribution in [0.4, 0.5) is 0 Å². The van der Waals surface area contributed by atoms with E-state index in [1.807, 2.05) is 25.1 Å². The average Bonchev–Trinajstić information content (AvgIpc) is 2.39. The van der Waals surface area contributed by atoms with Crippen LogP contribution in [0.3, 0.4) is 0 Å². The van der Waals surface area contributed by atoms with Crippen LogP contribution in [0.25, 0.3) is 6.08 Å². The molecule has 0 radical (unpaired) electrons. The molecule has 0 spiro atoms. The van der Waals surface area contributed by atoms with Gasteiger partial charge in [-0.25, -0.2) is 0 Å². The highest BCUT2D eigenvalue weighted by molar-refractivity contribution is 6.32. The molecule has 4 nitrogen and oxygen atoms in total. The van der Waals surface area contributed by atoms with Crippen LogP contribution in [-0.4, -0.2) is 18.2 Å². The first-order valence-corrected chi connectivity index (χ1v) is 7.11. The zero-order chi connectivity index (χ0) is 15.8. The van der Waals surface area contributed by atoms with E-state index in [0.717, 1.165) is 12.0 Å². The predicted octanol–water partition coefficient (Wildman–Crippen LogP) is 3.98. The summed E-state index contributed by atoms with van der Waals surface area (Å²) in [5, 5.41) is 0.579. The molecule has 21 heavy (non-hydrogen) atoms. The third-order valence-electron chi connectivity index (χ3n) is 2.63. The van der Waals surface area contributed by atoms with Gasteiger partial charge in [-0.1, -0.05) is 43.1 Å². The lowest BCUT2D eigenvalue weighted by molar-refractivity contribution is -0.178. The molecule has 0 aliphatic heterocycles. The average molecular weight is 311 g/mol. The molecule has 0 aliphatic rings. The molecule has 0 fully saturated rings. The van der Waals surface area contributed by atoms with Crippen LogP contribution in [0.15, 0.2) is 29.8 Å². The first kappa shape index (κ1) is 17.2. The largest absolute Gasteiger partial charge is 0.421 e. The highest BCUT2D eigenvalue weighted by atomic mass is 35.5. The molecule has 1 rings (SSSR count). The van der Waals surface area contributed by atoms with Crippen molar-refractivity contribution in [3.8, 4) is 0 Å². The molecule has 5 heteroatoms. The smallest absolute Gasteiger partial charge is 0.305 e. The summed E-state index contributed by atoms with van der Waals surface area (Å²) in [7, 11) is 0. The molecule has 0 saturated carbocycles. The van der Waals surface area contributed by atoms with E-state index in [2.05, 4.69) is 0 Å². The molecule has 0 saturated heterocycles. The third-order valence-corrected chi connectivity index (χ3v) is 2.98. The van der Waals surface area contributed by atoms with Crippen LogP contribution < -0.4 is 0 Å². The van der Waals surface area contributed by atoms with Gasteiger partial charge in [0, 0.05) is 24.4 Å². The second-order valence-corrected chi connectivity index (χ2v) is 4.95. The van der Waals surface area contributed by atoms with Gasteiger partial charge in [-0.05, 0) is 24.1 Å². The van der Waals surface area contributed by atoms with Crippen molar-refractivity contribution in [2.75, 3.05) is 0 Å². The van der Waals surface area contributed by atoms with Gasteiger partial charge in [-0.2, -0.15) is 0 Å². The number of hydrogen-bond acceptors (Lipinski definition) is 4. The van der Waals surface area contributed by atoms with E-state index < -0.39 is 18.2 Å². The van der Waals surface area contributed by atoms with Crippen molar-refractivity contribution >= 4 is 29.6 Å². The molecular formula is C16H19ClO4. The summed E-state index contributed by atoms with van der Waals surface area (Å²) in [4.78, 5) is 22.4. The summed E-state index contributed by atoms with van der Waals surface area (Å²) in [6, 6.07) is 7.29. The Morgan fingerprint density at radius 3 is 2.24 bits per heavy atom. The van der Waals surface area contributed by atoms with Crippen LogP contribution >= 0.6 is 11.6 Å². The lowest BCUT2D eigenvalue weighted by Crippen LogP contribution is -2.24. The molecule has 1 aromatic rings. The topological polar surface area (TPSA) is 52.6 Å². The number of esters is 2. The summed E-state index contributed by atoms with van der Waals surface area (Å²) in [5.41, 5.74) is 1.47. The van der Waals surface area contributed by atoms with Gasteiger partial charge in [0.05, 0.1) is 0 Å². The van der Waals surface area contributed by atoms with Crippen LogP contribution in [0.2, 0.25) is 5.02 Å². The Hall–Kier alpha value is -1.81. The summed E-state index contributed by atoms with van der Waals surface area (Å²) < 4.78 is 10.2. The molecular weight excluding hydrogens is 292 g/mol. The fraction of sp³-hybridized carbons (Fsp3) is 0.375. The molecule has 1 aromatic carbocycles. The zero-order valence-corrected chi connectivity index (χ0v) is 13.1. The van der Waals surface area contributed by atoms with Crippen molar-refractivity contribution in [1.29, 1.82) is 0 Å². The van der Waals surface area contributed by atoms with Gasteiger partial charge >= 0.3 is 11.9 Å². The van der Waals surface area contributed by atoms with E-state index in [-0.39, 0.29) is 0 Å². The number of hydrogen-bond donors (Lipinski definition) is 0. The highest BCUT2D eigenvalue weighted by Crippen LogP contribution is 2.23. The molecule has 114 valence electrons. The Morgan fingerprint density at radius 1 is 1.19 bits per heavy atom. The fourth-order valence-electron chi connectivity index (χ4n) is 1.82. The lowest BCUT2D eigenvalue weighted by Gasteiger charge is -2.20. The molecule has 0 heterocycles. The van der Waals surface area contributed by atoms with E-state index in [4.69, 9.17) is 21.1 Å². The Bertz CT molecular complexity index is 521. The molecule has 0 bridgehead atoms. The van der Waals surface area contributed by atoms with Crippen LogP contribution in [-0.2, 0) is 19.1 Å². The Labute approximate surface area is 129 Å². The van der Waals surface area contributed by atoms with Crippen molar-refractivity contribution < 1.29 is 19.1 Å². The van der Waals surface area contributed by atoms with E-state index in [9.17, 15) is 9.59 Å². The van der Waals surface area contributed by atoms with Gasteiger partial charge in [0.2, 0.25) is 0 Å². The second-order valence-electron chi connectivity index (χ2n) is 4.54. The SMILES string of the molecule is CCCC(=Cc1ccccc1Cl)C(OC(C)=O)OC(C)=O. The number of ether oxygens (including phenoxy) is 2. The maximum Gasteiger partial charge on any atom is 0.305 e. The molecule has 0 aliphatic carbocycles. The van der Waals surface area contributed by atoms with Gasteiger partial charge in [0.1, 0.15) is 0 Å². The van der Waals surface area contributed by atoms with E-state index in [0.29, 0.717) is 17.0 Å². The number of halogens is 1. The highest BCUT2D eigenvalue weighted by Gasteiger charge is 2.20. The lowest BCUT2D eigenvalue weighted by atomic mass is 10.1. The minimum Gasteiger partial charge on any atom is -0.421 e. The standard InChI is InChI=1S/C16H19ClO4/c1-4-7-14(10-13-8-5-6-9-15(13)17)16(20-11(2)18)21-12(3)19/h5-6,8-10,16H,4,7H2,1-3H3. The molecule has 0 aromatic heterocycles. The first-order valence-electron chi connectivity index (χ1n) is 6.73. The van der Waals surface area contributed by atoms with Gasteiger partial charge in [-0.15, -0.1) is 0 Å². The zero-order valence-electron chi connectivity index (χ0n) is 12.4. The van der Waals surface area contributed by atoms with Crippen molar-refractivity contribution in [3.05, 3.63) is 40.4 Å². The maximum absolute atomic E-state index is 11.2. The summed E-state index contributed by atoms with van der Waals surface area (Å²) in [6.07, 6.45) is 2.21. The first-order chi connectivity index (χ1) is 9.93. The van der Waals surface area contributed by atoms with E-state index in [1.165, 1.54) is 13.8 Å². The third kappa shape index (κ3) is 6.00. The summed E-state index contributed by atoms with van der Waals surface area (Å²) in [6.45, 7) is 4.53. The normalized spacial score (nSPS) is 11.4. The van der Waals surface area contributed by atoms with Gasteiger partial charge in [0.15, 0.2) is 0 Å². The summed E-state index contributed by atoms with van der Waals surface area (Å²) >= 11 is 6.12. The number of carbonyl (C=O) groups is 2. The van der Waals surface area contributed by atoms with Crippen molar-refractivity contribution in [2.24, 2.45) is 0 Å². The van der Waals surface area contributed by atoms with E-state index in [1.54, 1.807) is 12.1 Å². The van der Waals surface area contributed by atoms with Crippen molar-refractivity contribution in [3.63, 3.8) is 0 Å². The van der Waals surface area contributed by atoms with Crippen molar-refractivity contribution in [2.45, 2.75) is 39.9 Å². The number of carbonyl (C=O) groups excluding carboxylic acids is 2. The number of rotatable bonds is 6. The molecule has 0 atom stereocenters. The number of benzene rings is 1. The van der Waals surface area contributed by atoms with E-state index >= 15 is 0 Å². The van der Waals surface area contributed by atoms with Gasteiger partial charge in [0.25, 0.3) is 6.29 Å². The molecule has 0 N–H and O–H groups in total.